The van der Waals surface area contributed by atoms with Crippen molar-refractivity contribution in [1.82, 2.24) is 4.98 Å². The van der Waals surface area contributed by atoms with Gasteiger partial charge < -0.3 is 5.11 Å². The molecular formula is C12H12BrNOS. The largest absolute Gasteiger partial charge is 0.385 e. The van der Waals surface area contributed by atoms with Crippen LogP contribution in [0.4, 0.5) is 0 Å². The van der Waals surface area contributed by atoms with E-state index in [0.717, 1.165) is 14.9 Å². The van der Waals surface area contributed by atoms with Crippen LogP contribution < -0.4 is 0 Å². The van der Waals surface area contributed by atoms with E-state index in [0.29, 0.717) is 6.42 Å². The number of benzene rings is 1. The predicted octanol–water partition coefficient (Wildman–Crippen LogP) is 3.36. The van der Waals surface area contributed by atoms with Gasteiger partial charge in [0.2, 0.25) is 0 Å². The van der Waals surface area contributed by atoms with Crippen molar-refractivity contribution in [2.24, 2.45) is 0 Å². The minimum atomic E-state index is -0.868. The highest BCUT2D eigenvalue weighted by atomic mass is 79.9. The fraction of sp³-hybridized carbons (Fsp3) is 0.250. The van der Waals surface area contributed by atoms with E-state index in [1.54, 1.807) is 23.0 Å². The van der Waals surface area contributed by atoms with Gasteiger partial charge in [-0.25, -0.2) is 0 Å². The summed E-state index contributed by atoms with van der Waals surface area (Å²) in [5.41, 5.74) is 1.82. The van der Waals surface area contributed by atoms with Crippen LogP contribution in [-0.4, -0.2) is 10.1 Å². The SMILES string of the molecule is CC(O)(Cc1cncs1)c1ccccc1Br. The van der Waals surface area contributed by atoms with Gasteiger partial charge in [-0.05, 0) is 18.6 Å². The van der Waals surface area contributed by atoms with Crippen LogP contribution in [0.2, 0.25) is 0 Å². The molecule has 0 aliphatic carbocycles. The first kappa shape index (κ1) is 11.8. The summed E-state index contributed by atoms with van der Waals surface area (Å²) in [6.45, 7) is 1.83. The molecule has 2 aromatic rings. The highest BCUT2D eigenvalue weighted by molar-refractivity contribution is 9.10. The number of nitrogens with zero attached hydrogens (tertiary/aromatic N) is 1. The lowest BCUT2D eigenvalue weighted by Crippen LogP contribution is -2.24. The van der Waals surface area contributed by atoms with Crippen molar-refractivity contribution in [1.29, 1.82) is 0 Å². The molecule has 1 unspecified atom stereocenters. The van der Waals surface area contributed by atoms with Crippen LogP contribution in [0.1, 0.15) is 17.4 Å². The average molecular weight is 298 g/mol. The summed E-state index contributed by atoms with van der Waals surface area (Å²) >= 11 is 5.03. The molecular weight excluding hydrogens is 286 g/mol. The molecule has 84 valence electrons. The fourth-order valence-electron chi connectivity index (χ4n) is 1.66. The molecule has 0 fully saturated rings. The number of halogens is 1. The van der Waals surface area contributed by atoms with Gasteiger partial charge in [0, 0.05) is 22.0 Å². The van der Waals surface area contributed by atoms with Gasteiger partial charge in [-0.15, -0.1) is 11.3 Å². The smallest absolute Gasteiger partial charge is 0.0928 e. The summed E-state index contributed by atoms with van der Waals surface area (Å²) in [6, 6.07) is 7.75. The van der Waals surface area contributed by atoms with E-state index in [1.165, 1.54) is 0 Å². The molecule has 0 aliphatic rings. The molecule has 2 rings (SSSR count). The van der Waals surface area contributed by atoms with Crippen molar-refractivity contribution in [3.8, 4) is 0 Å². The summed E-state index contributed by atoms with van der Waals surface area (Å²) in [6.07, 6.45) is 2.39. The predicted molar refractivity (Wildman–Crippen MR) is 69.5 cm³/mol. The molecule has 1 heterocycles. The lowest BCUT2D eigenvalue weighted by Gasteiger charge is -2.24. The number of rotatable bonds is 3. The van der Waals surface area contributed by atoms with Crippen LogP contribution >= 0.6 is 27.3 Å². The highest BCUT2D eigenvalue weighted by Gasteiger charge is 2.26. The van der Waals surface area contributed by atoms with Gasteiger partial charge in [0.15, 0.2) is 0 Å². The normalized spacial score (nSPS) is 14.7. The summed E-state index contributed by atoms with van der Waals surface area (Å²) in [7, 11) is 0. The topological polar surface area (TPSA) is 33.1 Å². The van der Waals surface area contributed by atoms with E-state index in [9.17, 15) is 5.11 Å². The van der Waals surface area contributed by atoms with Crippen LogP contribution in [-0.2, 0) is 12.0 Å². The lowest BCUT2D eigenvalue weighted by atomic mass is 9.92. The van der Waals surface area contributed by atoms with Crippen LogP contribution in [0.5, 0.6) is 0 Å². The zero-order valence-electron chi connectivity index (χ0n) is 8.85. The van der Waals surface area contributed by atoms with E-state index in [2.05, 4.69) is 20.9 Å². The Morgan fingerprint density at radius 2 is 2.19 bits per heavy atom. The first-order valence-corrected chi connectivity index (χ1v) is 6.61. The quantitative estimate of drug-likeness (QED) is 0.942. The maximum atomic E-state index is 10.5. The molecule has 1 aromatic carbocycles. The average Bonchev–Trinajstić information content (AvgIpc) is 2.70. The summed E-state index contributed by atoms with van der Waals surface area (Å²) in [5, 5.41) is 10.5. The third-order valence-corrected chi connectivity index (χ3v) is 3.93. The van der Waals surface area contributed by atoms with Crippen molar-refractivity contribution < 1.29 is 5.11 Å². The molecule has 1 aromatic heterocycles. The molecule has 16 heavy (non-hydrogen) atoms. The van der Waals surface area contributed by atoms with Gasteiger partial charge in [0.05, 0.1) is 11.1 Å². The molecule has 1 N–H and O–H groups in total. The van der Waals surface area contributed by atoms with Gasteiger partial charge in [-0.3, -0.25) is 4.98 Å². The highest BCUT2D eigenvalue weighted by Crippen LogP contribution is 2.31. The van der Waals surface area contributed by atoms with Crippen LogP contribution in [0, 0.1) is 0 Å². The van der Waals surface area contributed by atoms with Gasteiger partial charge in [-0.1, -0.05) is 34.1 Å². The molecule has 2 nitrogen and oxygen atoms in total. The lowest BCUT2D eigenvalue weighted by molar-refractivity contribution is 0.0577. The Bertz CT molecular complexity index is 468. The Balaban J connectivity index is 2.28. The number of aromatic nitrogens is 1. The Labute approximate surface area is 107 Å². The monoisotopic (exact) mass is 297 g/mol. The van der Waals surface area contributed by atoms with Gasteiger partial charge in [-0.2, -0.15) is 0 Å². The Morgan fingerprint density at radius 1 is 1.44 bits per heavy atom. The number of thiazole rings is 1. The van der Waals surface area contributed by atoms with Crippen LogP contribution in [0.15, 0.2) is 40.4 Å². The number of hydrogen-bond donors (Lipinski definition) is 1. The van der Waals surface area contributed by atoms with Crippen molar-refractivity contribution >= 4 is 27.3 Å². The minimum Gasteiger partial charge on any atom is -0.385 e. The van der Waals surface area contributed by atoms with Crippen molar-refractivity contribution in [2.45, 2.75) is 18.9 Å². The second kappa shape index (κ2) is 4.65. The first-order valence-electron chi connectivity index (χ1n) is 4.94. The van der Waals surface area contributed by atoms with Gasteiger partial charge in [0.25, 0.3) is 0 Å². The molecule has 0 aliphatic heterocycles. The zero-order chi connectivity index (χ0) is 11.6. The van der Waals surface area contributed by atoms with Gasteiger partial charge in [0.1, 0.15) is 0 Å². The Morgan fingerprint density at radius 3 is 2.81 bits per heavy atom. The molecule has 4 heteroatoms. The number of aliphatic hydroxyl groups is 1. The maximum Gasteiger partial charge on any atom is 0.0928 e. The van der Waals surface area contributed by atoms with E-state index < -0.39 is 5.60 Å². The summed E-state index contributed by atoms with van der Waals surface area (Å²) in [5.74, 6) is 0. The molecule has 0 bridgehead atoms. The van der Waals surface area contributed by atoms with E-state index in [4.69, 9.17) is 0 Å². The van der Waals surface area contributed by atoms with Crippen molar-refractivity contribution in [3.05, 3.63) is 50.9 Å². The number of hydrogen-bond acceptors (Lipinski definition) is 3. The molecule has 1 atom stereocenters. The molecule has 0 amide bonds. The first-order chi connectivity index (χ1) is 7.59. The van der Waals surface area contributed by atoms with E-state index in [-0.39, 0.29) is 0 Å². The zero-order valence-corrected chi connectivity index (χ0v) is 11.3. The second-order valence-corrected chi connectivity index (χ2v) is 5.72. The summed E-state index contributed by atoms with van der Waals surface area (Å²) in [4.78, 5) is 5.10. The standard InChI is InChI=1S/C12H12BrNOS/c1-12(15,6-9-7-14-8-16-9)10-4-2-3-5-11(10)13/h2-5,7-8,15H,6H2,1H3. The maximum absolute atomic E-state index is 10.5. The van der Waals surface area contributed by atoms with Crippen molar-refractivity contribution in [3.63, 3.8) is 0 Å². The van der Waals surface area contributed by atoms with Crippen LogP contribution in [0.3, 0.4) is 0 Å². The fourth-order valence-corrected chi connectivity index (χ4v) is 3.12. The second-order valence-electron chi connectivity index (χ2n) is 3.90. The Hall–Kier alpha value is -0.710. The third kappa shape index (κ3) is 2.51. The molecule has 0 spiro atoms. The van der Waals surface area contributed by atoms with Crippen LogP contribution in [0.25, 0.3) is 0 Å². The minimum absolute atomic E-state index is 0.584. The van der Waals surface area contributed by atoms with Gasteiger partial charge >= 0.3 is 0 Å². The third-order valence-electron chi connectivity index (χ3n) is 2.46. The van der Waals surface area contributed by atoms with Crippen molar-refractivity contribution in [2.75, 3.05) is 0 Å². The molecule has 0 saturated heterocycles. The summed E-state index contributed by atoms with van der Waals surface area (Å²) < 4.78 is 0.935. The molecule has 0 radical (unpaired) electrons. The van der Waals surface area contributed by atoms with E-state index >= 15 is 0 Å². The van der Waals surface area contributed by atoms with E-state index in [1.807, 2.05) is 31.2 Å². The Kier molecular flexibility index (Phi) is 3.42. The molecule has 0 saturated carbocycles.